The second-order valence-corrected chi connectivity index (χ2v) is 1.84. The molecule has 0 saturated carbocycles. The van der Waals surface area contributed by atoms with Crippen molar-refractivity contribution in [2.45, 2.75) is 0 Å². The minimum atomic E-state index is -0.472. The first-order valence-electron chi connectivity index (χ1n) is 2.43. The van der Waals surface area contributed by atoms with Gasteiger partial charge in [-0.2, -0.15) is 0 Å². The van der Waals surface area contributed by atoms with Crippen molar-refractivity contribution in [3.63, 3.8) is 0 Å². The van der Waals surface area contributed by atoms with Gasteiger partial charge in [0.15, 0.2) is 5.82 Å². The number of hydrogen-bond acceptors (Lipinski definition) is 4. The second-order valence-electron chi connectivity index (χ2n) is 1.44. The lowest BCUT2D eigenvalue weighted by molar-refractivity contribution is 0.270. The van der Waals surface area contributed by atoms with Crippen LogP contribution in [0.2, 0.25) is 0 Å². The lowest BCUT2D eigenvalue weighted by Crippen LogP contribution is -2.04. The molecular weight excluding hydrogens is 152 g/mol. The highest BCUT2D eigenvalue weighted by molar-refractivity contribution is 7.96. The van der Waals surface area contributed by atoms with Gasteiger partial charge in [-0.3, -0.25) is 4.79 Å². The van der Waals surface area contributed by atoms with E-state index in [0.29, 0.717) is 5.82 Å². The molecular formula is C4H4N4OS. The maximum atomic E-state index is 10.3. The van der Waals surface area contributed by atoms with Gasteiger partial charge in [0, 0.05) is 6.07 Å². The highest BCUT2D eigenvalue weighted by atomic mass is 32.1. The predicted molar refractivity (Wildman–Crippen MR) is 37.8 cm³/mol. The SMILES string of the molecule is O=C(S)Nc1ccnnn1. The van der Waals surface area contributed by atoms with Crippen molar-refractivity contribution in [3.8, 4) is 0 Å². The number of carbonyl (C=O) groups excluding carboxylic acids is 1. The van der Waals surface area contributed by atoms with Crippen molar-refractivity contribution in [2.75, 3.05) is 5.32 Å². The molecule has 0 fully saturated rings. The lowest BCUT2D eigenvalue weighted by atomic mass is 10.6. The van der Waals surface area contributed by atoms with Crippen LogP contribution in [0.5, 0.6) is 0 Å². The summed E-state index contributed by atoms with van der Waals surface area (Å²) in [4.78, 5) is 10.3. The van der Waals surface area contributed by atoms with Gasteiger partial charge < -0.3 is 5.32 Å². The third kappa shape index (κ3) is 1.98. The Balaban J connectivity index is 2.67. The zero-order chi connectivity index (χ0) is 7.40. The minimum Gasteiger partial charge on any atom is -0.300 e. The summed E-state index contributed by atoms with van der Waals surface area (Å²) in [5.74, 6) is 0.343. The van der Waals surface area contributed by atoms with E-state index in [1.54, 1.807) is 0 Å². The Morgan fingerprint density at radius 2 is 2.50 bits per heavy atom. The van der Waals surface area contributed by atoms with E-state index in [1.165, 1.54) is 12.3 Å². The van der Waals surface area contributed by atoms with Gasteiger partial charge in [0.2, 0.25) is 0 Å². The molecule has 1 N–H and O–H groups in total. The van der Waals surface area contributed by atoms with Gasteiger partial charge in [-0.25, -0.2) is 0 Å². The topological polar surface area (TPSA) is 67.8 Å². The van der Waals surface area contributed by atoms with Gasteiger partial charge in [0.25, 0.3) is 5.24 Å². The number of thiol groups is 1. The van der Waals surface area contributed by atoms with E-state index in [1.807, 2.05) is 0 Å². The Kier molecular flexibility index (Phi) is 2.16. The molecule has 0 bridgehead atoms. The molecule has 1 rings (SSSR count). The van der Waals surface area contributed by atoms with Crippen molar-refractivity contribution in [1.29, 1.82) is 0 Å². The molecule has 5 nitrogen and oxygen atoms in total. The van der Waals surface area contributed by atoms with Crippen molar-refractivity contribution >= 4 is 23.7 Å². The Morgan fingerprint density at radius 1 is 1.70 bits per heavy atom. The Labute approximate surface area is 62.3 Å². The molecule has 1 heterocycles. The fourth-order valence-electron chi connectivity index (χ4n) is 0.417. The number of anilines is 1. The number of nitrogens with zero attached hydrogens (tertiary/aromatic N) is 3. The third-order valence-corrected chi connectivity index (χ3v) is 0.850. The van der Waals surface area contributed by atoms with E-state index in [0.717, 1.165) is 0 Å². The van der Waals surface area contributed by atoms with Crippen LogP contribution >= 0.6 is 12.6 Å². The van der Waals surface area contributed by atoms with Crippen LogP contribution in [0.15, 0.2) is 12.3 Å². The average molecular weight is 156 g/mol. The van der Waals surface area contributed by atoms with Crippen molar-refractivity contribution in [1.82, 2.24) is 15.4 Å². The van der Waals surface area contributed by atoms with Crippen LogP contribution in [0, 0.1) is 0 Å². The summed E-state index contributed by atoms with van der Waals surface area (Å²) in [6.45, 7) is 0. The monoisotopic (exact) mass is 156 g/mol. The summed E-state index contributed by atoms with van der Waals surface area (Å²) in [5.41, 5.74) is 0. The summed E-state index contributed by atoms with van der Waals surface area (Å²) in [7, 11) is 0. The number of aromatic nitrogens is 3. The molecule has 0 aliphatic carbocycles. The number of nitrogens with one attached hydrogen (secondary N) is 1. The fourth-order valence-corrected chi connectivity index (χ4v) is 0.532. The van der Waals surface area contributed by atoms with E-state index in [4.69, 9.17) is 0 Å². The first-order valence-corrected chi connectivity index (χ1v) is 2.88. The molecule has 0 radical (unpaired) electrons. The van der Waals surface area contributed by atoms with Crippen LogP contribution in [0.3, 0.4) is 0 Å². The van der Waals surface area contributed by atoms with Gasteiger partial charge in [0.05, 0.1) is 6.20 Å². The number of carbonyl (C=O) groups is 1. The summed E-state index contributed by atoms with van der Waals surface area (Å²) in [5, 5.41) is 12.0. The van der Waals surface area contributed by atoms with Gasteiger partial charge >= 0.3 is 0 Å². The van der Waals surface area contributed by atoms with E-state index < -0.39 is 5.24 Å². The lowest BCUT2D eigenvalue weighted by Gasteiger charge is -1.94. The van der Waals surface area contributed by atoms with Crippen LogP contribution in [0.1, 0.15) is 0 Å². The summed E-state index contributed by atoms with van der Waals surface area (Å²) >= 11 is 3.47. The Morgan fingerprint density at radius 3 is 3.00 bits per heavy atom. The van der Waals surface area contributed by atoms with E-state index >= 15 is 0 Å². The first kappa shape index (κ1) is 6.94. The first-order chi connectivity index (χ1) is 4.79. The molecule has 0 unspecified atom stereocenters. The molecule has 0 aromatic carbocycles. The molecule has 1 aromatic rings. The molecule has 0 aliphatic rings. The predicted octanol–water partition coefficient (Wildman–Crippen LogP) is 0.333. The second kappa shape index (κ2) is 3.11. The highest BCUT2D eigenvalue weighted by Gasteiger charge is 1.94. The quantitative estimate of drug-likeness (QED) is 0.575. The summed E-state index contributed by atoms with van der Waals surface area (Å²) in [6, 6.07) is 1.52. The average Bonchev–Trinajstić information content (AvgIpc) is 1.88. The highest BCUT2D eigenvalue weighted by Crippen LogP contribution is 1.97. The van der Waals surface area contributed by atoms with Crippen LogP contribution in [-0.2, 0) is 0 Å². The van der Waals surface area contributed by atoms with Crippen molar-refractivity contribution in [2.24, 2.45) is 0 Å². The molecule has 1 aromatic heterocycles. The zero-order valence-electron chi connectivity index (χ0n) is 4.85. The van der Waals surface area contributed by atoms with Gasteiger partial charge in [-0.1, -0.05) is 12.6 Å². The largest absolute Gasteiger partial charge is 0.300 e. The van der Waals surface area contributed by atoms with Crippen molar-refractivity contribution in [3.05, 3.63) is 12.3 Å². The van der Waals surface area contributed by atoms with Crippen LogP contribution < -0.4 is 5.32 Å². The third-order valence-electron chi connectivity index (χ3n) is 0.738. The van der Waals surface area contributed by atoms with Crippen LogP contribution in [-0.4, -0.2) is 20.6 Å². The Bertz CT molecular complexity index is 226. The normalized spacial score (nSPS) is 8.90. The zero-order valence-corrected chi connectivity index (χ0v) is 5.75. The fraction of sp³-hybridized carbons (Fsp3) is 0. The Hall–Kier alpha value is -1.17. The molecule has 0 spiro atoms. The van der Waals surface area contributed by atoms with E-state index in [9.17, 15) is 4.79 Å². The van der Waals surface area contributed by atoms with Gasteiger partial charge in [0.1, 0.15) is 0 Å². The maximum absolute atomic E-state index is 10.3. The molecule has 52 valence electrons. The van der Waals surface area contributed by atoms with E-state index in [-0.39, 0.29) is 0 Å². The standard InChI is InChI=1S/C4H4N4OS/c9-4(10)6-3-1-2-5-8-7-3/h1-2H,(H2,5,6,7,9,10). The number of hydrogen-bond donors (Lipinski definition) is 2. The van der Waals surface area contributed by atoms with E-state index in [2.05, 4.69) is 33.4 Å². The summed E-state index contributed by atoms with van der Waals surface area (Å²) < 4.78 is 0. The molecule has 1 amide bonds. The van der Waals surface area contributed by atoms with Crippen LogP contribution in [0.4, 0.5) is 10.6 Å². The molecule has 0 aliphatic heterocycles. The molecule has 0 saturated heterocycles. The smallest absolute Gasteiger partial charge is 0.281 e. The number of rotatable bonds is 1. The molecule has 6 heteroatoms. The molecule has 10 heavy (non-hydrogen) atoms. The minimum absolute atomic E-state index is 0.343. The van der Waals surface area contributed by atoms with Crippen LogP contribution in [0.25, 0.3) is 0 Å². The maximum Gasteiger partial charge on any atom is 0.281 e. The van der Waals surface area contributed by atoms with Crippen molar-refractivity contribution < 1.29 is 4.79 Å². The van der Waals surface area contributed by atoms with Gasteiger partial charge in [-0.05, 0) is 5.21 Å². The molecule has 0 atom stereocenters. The van der Waals surface area contributed by atoms with Gasteiger partial charge in [-0.15, -0.1) is 10.2 Å². The summed E-state index contributed by atoms with van der Waals surface area (Å²) in [6.07, 6.45) is 1.42. The number of amides is 1.